The summed E-state index contributed by atoms with van der Waals surface area (Å²) in [5.74, 6) is 1.82. The summed E-state index contributed by atoms with van der Waals surface area (Å²) in [6.07, 6.45) is -2.18. The van der Waals surface area contributed by atoms with Crippen LogP contribution in [0.5, 0.6) is 0 Å². The summed E-state index contributed by atoms with van der Waals surface area (Å²) < 4.78 is 38.5. The molecule has 0 radical (unpaired) electrons. The minimum Gasteiger partial charge on any atom is -0.341 e. The predicted molar refractivity (Wildman–Crippen MR) is 92.1 cm³/mol. The number of hydrogen-bond acceptors (Lipinski definition) is 4. The van der Waals surface area contributed by atoms with Gasteiger partial charge in [-0.1, -0.05) is 13.0 Å². The molecule has 1 aliphatic heterocycles. The fraction of sp³-hybridized carbons (Fsp3) is 0.444. The maximum Gasteiger partial charge on any atom is 0.416 e. The normalized spacial score (nSPS) is 16.1. The van der Waals surface area contributed by atoms with Crippen LogP contribution in [0.1, 0.15) is 31.0 Å². The number of benzene rings is 1. The molecule has 134 valence electrons. The number of anilines is 3. The Balaban J connectivity index is 1.81. The number of nitrogens with one attached hydrogen (secondary N) is 1. The van der Waals surface area contributed by atoms with E-state index in [0.29, 0.717) is 23.4 Å². The molecule has 2 heterocycles. The Labute approximate surface area is 145 Å². The average molecular weight is 350 g/mol. The summed E-state index contributed by atoms with van der Waals surface area (Å²) in [4.78, 5) is 11.1. The molecule has 3 rings (SSSR count). The van der Waals surface area contributed by atoms with Crippen molar-refractivity contribution in [2.45, 2.75) is 32.9 Å². The van der Waals surface area contributed by atoms with Crippen LogP contribution >= 0.6 is 0 Å². The molecular formula is C18H21F3N4. The second-order valence-corrected chi connectivity index (χ2v) is 6.57. The highest BCUT2D eigenvalue weighted by molar-refractivity contribution is 5.59. The summed E-state index contributed by atoms with van der Waals surface area (Å²) in [6.45, 7) is 5.88. The summed E-state index contributed by atoms with van der Waals surface area (Å²) in [6, 6.07) is 6.84. The van der Waals surface area contributed by atoms with E-state index in [4.69, 9.17) is 0 Å². The number of hydrogen-bond donors (Lipinski definition) is 1. The average Bonchev–Trinajstić information content (AvgIpc) is 2.54. The van der Waals surface area contributed by atoms with Gasteiger partial charge in [-0.3, -0.25) is 0 Å². The van der Waals surface area contributed by atoms with Gasteiger partial charge in [0.25, 0.3) is 0 Å². The van der Waals surface area contributed by atoms with Crippen LogP contribution in [0, 0.1) is 12.8 Å². The van der Waals surface area contributed by atoms with Gasteiger partial charge in [0.2, 0.25) is 5.95 Å². The van der Waals surface area contributed by atoms with Crippen molar-refractivity contribution in [1.29, 1.82) is 0 Å². The predicted octanol–water partition coefficient (Wildman–Crippen LogP) is 4.78. The van der Waals surface area contributed by atoms with E-state index in [2.05, 4.69) is 27.1 Å². The molecule has 25 heavy (non-hydrogen) atoms. The molecule has 0 aliphatic carbocycles. The van der Waals surface area contributed by atoms with Crippen molar-refractivity contribution in [3.05, 3.63) is 41.6 Å². The van der Waals surface area contributed by atoms with Crippen molar-refractivity contribution in [3.8, 4) is 0 Å². The van der Waals surface area contributed by atoms with E-state index >= 15 is 0 Å². The Morgan fingerprint density at radius 3 is 2.52 bits per heavy atom. The first-order valence-corrected chi connectivity index (χ1v) is 8.36. The molecule has 4 nitrogen and oxygen atoms in total. The van der Waals surface area contributed by atoms with Gasteiger partial charge in [0.1, 0.15) is 5.82 Å². The molecule has 7 heteroatoms. The van der Waals surface area contributed by atoms with E-state index in [-0.39, 0.29) is 0 Å². The third kappa shape index (κ3) is 4.41. The second kappa shape index (κ2) is 6.90. The van der Waals surface area contributed by atoms with E-state index in [1.54, 1.807) is 12.1 Å². The van der Waals surface area contributed by atoms with Crippen LogP contribution in [0.15, 0.2) is 30.3 Å². The quantitative estimate of drug-likeness (QED) is 0.865. The highest BCUT2D eigenvalue weighted by Crippen LogP contribution is 2.31. The lowest BCUT2D eigenvalue weighted by molar-refractivity contribution is -0.137. The van der Waals surface area contributed by atoms with E-state index in [1.165, 1.54) is 6.07 Å². The third-order valence-corrected chi connectivity index (χ3v) is 4.37. The van der Waals surface area contributed by atoms with E-state index in [9.17, 15) is 13.2 Å². The van der Waals surface area contributed by atoms with Crippen LogP contribution in [0.4, 0.5) is 30.6 Å². The van der Waals surface area contributed by atoms with Crippen molar-refractivity contribution in [2.75, 3.05) is 23.3 Å². The number of aromatic nitrogens is 2. The minimum absolute atomic E-state index is 0.353. The number of piperidine rings is 1. The number of alkyl halides is 3. The Morgan fingerprint density at radius 2 is 1.84 bits per heavy atom. The molecule has 1 saturated heterocycles. The molecule has 0 amide bonds. The van der Waals surface area contributed by atoms with Gasteiger partial charge in [0.15, 0.2) is 0 Å². The summed E-state index contributed by atoms with van der Waals surface area (Å²) in [5, 5.41) is 2.97. The lowest BCUT2D eigenvalue weighted by Gasteiger charge is -2.30. The second-order valence-electron chi connectivity index (χ2n) is 6.57. The van der Waals surface area contributed by atoms with E-state index in [1.807, 2.05) is 6.92 Å². The van der Waals surface area contributed by atoms with Crippen LogP contribution in [-0.2, 0) is 6.18 Å². The monoisotopic (exact) mass is 350 g/mol. The van der Waals surface area contributed by atoms with Gasteiger partial charge in [-0.05, 0) is 43.9 Å². The maximum absolute atomic E-state index is 12.8. The van der Waals surface area contributed by atoms with Crippen molar-refractivity contribution >= 4 is 17.5 Å². The topological polar surface area (TPSA) is 41.1 Å². The Hall–Kier alpha value is -2.31. The van der Waals surface area contributed by atoms with Crippen molar-refractivity contribution < 1.29 is 13.2 Å². The standard InChI is InChI=1S/C18H21F3N4/c1-12-6-8-25(9-7-12)17-22-13(2)10-16(24-17)23-15-5-3-4-14(11-15)18(19,20)21/h3-5,10-12H,6-9H2,1-2H3,(H,22,23,24). The zero-order valence-electron chi connectivity index (χ0n) is 14.3. The van der Waals surface area contributed by atoms with Gasteiger partial charge in [-0.15, -0.1) is 0 Å². The molecule has 0 spiro atoms. The summed E-state index contributed by atoms with van der Waals surface area (Å²) in [7, 11) is 0. The molecule has 1 aliphatic rings. The molecule has 1 fully saturated rings. The molecule has 0 saturated carbocycles. The van der Waals surface area contributed by atoms with Gasteiger partial charge in [0, 0.05) is 30.5 Å². The fourth-order valence-corrected chi connectivity index (χ4v) is 2.89. The van der Waals surface area contributed by atoms with Gasteiger partial charge in [0.05, 0.1) is 5.56 Å². The maximum atomic E-state index is 12.8. The van der Waals surface area contributed by atoms with E-state index in [0.717, 1.165) is 43.8 Å². The van der Waals surface area contributed by atoms with Crippen LogP contribution in [0.25, 0.3) is 0 Å². The number of aryl methyl sites for hydroxylation is 1. The molecule has 0 atom stereocenters. The first-order chi connectivity index (χ1) is 11.8. The fourth-order valence-electron chi connectivity index (χ4n) is 2.89. The number of nitrogens with zero attached hydrogens (tertiary/aromatic N) is 3. The third-order valence-electron chi connectivity index (χ3n) is 4.37. The smallest absolute Gasteiger partial charge is 0.341 e. The molecule has 1 aromatic heterocycles. The van der Waals surface area contributed by atoms with Crippen LogP contribution in [0.2, 0.25) is 0 Å². The lowest BCUT2D eigenvalue weighted by atomic mass is 10.00. The minimum atomic E-state index is -4.37. The van der Waals surface area contributed by atoms with E-state index < -0.39 is 11.7 Å². The van der Waals surface area contributed by atoms with Gasteiger partial charge in [-0.2, -0.15) is 18.2 Å². The van der Waals surface area contributed by atoms with Crippen molar-refractivity contribution in [2.24, 2.45) is 5.92 Å². The number of halogens is 3. The Morgan fingerprint density at radius 1 is 1.12 bits per heavy atom. The van der Waals surface area contributed by atoms with Gasteiger partial charge >= 0.3 is 6.18 Å². The van der Waals surface area contributed by atoms with Gasteiger partial charge in [-0.25, -0.2) is 4.98 Å². The largest absolute Gasteiger partial charge is 0.416 e. The van der Waals surface area contributed by atoms with Crippen LogP contribution < -0.4 is 10.2 Å². The molecule has 1 aromatic carbocycles. The van der Waals surface area contributed by atoms with Crippen LogP contribution in [-0.4, -0.2) is 23.1 Å². The summed E-state index contributed by atoms with van der Waals surface area (Å²) in [5.41, 5.74) is 0.442. The van der Waals surface area contributed by atoms with Crippen LogP contribution in [0.3, 0.4) is 0 Å². The zero-order chi connectivity index (χ0) is 18.0. The molecule has 1 N–H and O–H groups in total. The highest BCUT2D eigenvalue weighted by atomic mass is 19.4. The molecule has 0 bridgehead atoms. The van der Waals surface area contributed by atoms with Crippen molar-refractivity contribution in [1.82, 2.24) is 9.97 Å². The molecule has 2 aromatic rings. The van der Waals surface area contributed by atoms with Crippen molar-refractivity contribution in [3.63, 3.8) is 0 Å². The Kier molecular flexibility index (Phi) is 4.83. The lowest BCUT2D eigenvalue weighted by Crippen LogP contribution is -2.34. The highest BCUT2D eigenvalue weighted by Gasteiger charge is 2.30. The first-order valence-electron chi connectivity index (χ1n) is 8.36. The van der Waals surface area contributed by atoms with Gasteiger partial charge < -0.3 is 10.2 Å². The molecular weight excluding hydrogens is 329 g/mol. The first kappa shape index (κ1) is 17.5. The Bertz CT molecular complexity index is 737. The SMILES string of the molecule is Cc1cc(Nc2cccc(C(F)(F)F)c2)nc(N2CCC(C)CC2)n1. The molecule has 0 unspecified atom stereocenters. The zero-order valence-corrected chi connectivity index (χ0v) is 14.3. The number of rotatable bonds is 3. The summed E-state index contributed by atoms with van der Waals surface area (Å²) >= 11 is 0.